The van der Waals surface area contributed by atoms with Crippen LogP contribution in [0.15, 0.2) is 61.1 Å². The second-order valence-corrected chi connectivity index (χ2v) is 7.63. The maximum absolute atomic E-state index is 4.60. The number of benzene rings is 1. The molecule has 3 heterocycles. The zero-order valence-electron chi connectivity index (χ0n) is 17.5. The predicted octanol–water partition coefficient (Wildman–Crippen LogP) is 3.33. The van der Waals surface area contributed by atoms with Gasteiger partial charge in [-0.3, -0.25) is 4.98 Å². The third-order valence-electron chi connectivity index (χ3n) is 5.34. The van der Waals surface area contributed by atoms with E-state index in [2.05, 4.69) is 54.6 Å². The normalized spacial score (nSPS) is 15.1. The Hall–Kier alpha value is -3.03. The highest BCUT2D eigenvalue weighted by Crippen LogP contribution is 2.23. The number of pyridine rings is 1. The van der Waals surface area contributed by atoms with Crippen LogP contribution in [0.25, 0.3) is 11.1 Å². The number of piperazine rings is 1. The summed E-state index contributed by atoms with van der Waals surface area (Å²) in [5.74, 6) is 1.43. The molecule has 3 aromatic rings. The molecular weight excluding hydrogens is 374 g/mol. The van der Waals surface area contributed by atoms with Crippen molar-refractivity contribution in [3.8, 4) is 11.1 Å². The Morgan fingerprint density at radius 3 is 2.60 bits per heavy atom. The highest BCUT2D eigenvalue weighted by Gasteiger charge is 2.12. The summed E-state index contributed by atoms with van der Waals surface area (Å²) in [6.07, 6.45) is 6.49. The van der Waals surface area contributed by atoms with E-state index in [9.17, 15) is 0 Å². The molecule has 7 heteroatoms. The largest absolute Gasteiger partial charge is 0.370 e. The first-order valence-electron chi connectivity index (χ1n) is 10.5. The molecule has 4 rings (SSSR count). The molecule has 0 bridgehead atoms. The van der Waals surface area contributed by atoms with E-state index < -0.39 is 0 Å². The van der Waals surface area contributed by atoms with Crippen LogP contribution < -0.4 is 10.6 Å². The summed E-state index contributed by atoms with van der Waals surface area (Å²) in [6, 6.07) is 14.1. The summed E-state index contributed by atoms with van der Waals surface area (Å²) in [4.78, 5) is 18.0. The molecule has 1 aliphatic rings. The van der Waals surface area contributed by atoms with Crippen LogP contribution in [0, 0.1) is 0 Å². The first-order chi connectivity index (χ1) is 14.8. The standard InChI is InChI=1S/C23H29N7/c1-29-14-16-30(17-15-29)13-3-9-25-22-8-12-26-23(28-22)27-21-5-2-4-20(18-21)19-6-10-24-11-7-19/h2,4-8,10-12,18H,3,9,13-17H2,1H3,(H2,25,26,27,28). The molecule has 2 N–H and O–H groups in total. The van der Waals surface area contributed by atoms with Crippen LogP contribution in [0.3, 0.4) is 0 Å². The Morgan fingerprint density at radius 2 is 1.77 bits per heavy atom. The summed E-state index contributed by atoms with van der Waals surface area (Å²) in [5, 5.41) is 6.73. The molecule has 1 fully saturated rings. The zero-order valence-corrected chi connectivity index (χ0v) is 17.5. The highest BCUT2D eigenvalue weighted by atomic mass is 15.2. The lowest BCUT2D eigenvalue weighted by Crippen LogP contribution is -2.44. The van der Waals surface area contributed by atoms with Crippen LogP contribution in [0.1, 0.15) is 6.42 Å². The van der Waals surface area contributed by atoms with Crippen molar-refractivity contribution in [3.63, 3.8) is 0 Å². The molecule has 0 atom stereocenters. The third kappa shape index (κ3) is 5.75. The molecule has 0 radical (unpaired) electrons. The van der Waals surface area contributed by atoms with Gasteiger partial charge in [0.2, 0.25) is 5.95 Å². The number of likely N-dealkylation sites (N-methyl/N-ethyl adjacent to an activating group) is 1. The van der Waals surface area contributed by atoms with Crippen molar-refractivity contribution in [1.29, 1.82) is 0 Å². The highest BCUT2D eigenvalue weighted by molar-refractivity contribution is 5.69. The molecule has 156 valence electrons. The average Bonchev–Trinajstić information content (AvgIpc) is 2.79. The van der Waals surface area contributed by atoms with Crippen LogP contribution in [-0.2, 0) is 0 Å². The van der Waals surface area contributed by atoms with Crippen molar-refractivity contribution in [1.82, 2.24) is 24.8 Å². The van der Waals surface area contributed by atoms with Crippen LogP contribution >= 0.6 is 0 Å². The lowest BCUT2D eigenvalue weighted by atomic mass is 10.1. The molecule has 1 aliphatic heterocycles. The van der Waals surface area contributed by atoms with Crippen LogP contribution in [0.5, 0.6) is 0 Å². The minimum Gasteiger partial charge on any atom is -0.370 e. The molecule has 1 saturated heterocycles. The maximum atomic E-state index is 4.60. The Kier molecular flexibility index (Phi) is 6.84. The molecule has 2 aromatic heterocycles. The zero-order chi connectivity index (χ0) is 20.6. The van der Waals surface area contributed by atoms with Gasteiger partial charge in [0.1, 0.15) is 5.82 Å². The fourth-order valence-electron chi connectivity index (χ4n) is 3.56. The van der Waals surface area contributed by atoms with Gasteiger partial charge in [0.15, 0.2) is 0 Å². The van der Waals surface area contributed by atoms with E-state index in [1.807, 2.05) is 30.3 Å². The Bertz CT molecular complexity index is 924. The van der Waals surface area contributed by atoms with Crippen molar-refractivity contribution < 1.29 is 0 Å². The molecule has 0 spiro atoms. The number of nitrogens with one attached hydrogen (secondary N) is 2. The van der Waals surface area contributed by atoms with E-state index in [4.69, 9.17) is 0 Å². The Morgan fingerprint density at radius 1 is 0.933 bits per heavy atom. The first kappa shape index (κ1) is 20.3. The predicted molar refractivity (Wildman–Crippen MR) is 122 cm³/mol. The quantitative estimate of drug-likeness (QED) is 0.559. The lowest BCUT2D eigenvalue weighted by Gasteiger charge is -2.32. The van der Waals surface area contributed by atoms with Gasteiger partial charge in [-0.2, -0.15) is 4.98 Å². The second kappa shape index (κ2) is 10.1. The van der Waals surface area contributed by atoms with Crippen molar-refractivity contribution in [2.75, 3.05) is 56.9 Å². The number of anilines is 3. The Labute approximate surface area is 178 Å². The molecule has 1 aromatic carbocycles. The third-order valence-corrected chi connectivity index (χ3v) is 5.34. The molecule has 7 nitrogen and oxygen atoms in total. The second-order valence-electron chi connectivity index (χ2n) is 7.63. The molecular formula is C23H29N7. The lowest BCUT2D eigenvalue weighted by molar-refractivity contribution is 0.154. The van der Waals surface area contributed by atoms with Gasteiger partial charge in [-0.1, -0.05) is 12.1 Å². The Balaban J connectivity index is 1.29. The van der Waals surface area contributed by atoms with E-state index in [0.29, 0.717) is 5.95 Å². The summed E-state index contributed by atoms with van der Waals surface area (Å²) >= 11 is 0. The van der Waals surface area contributed by atoms with Crippen molar-refractivity contribution in [2.24, 2.45) is 0 Å². The van der Waals surface area contributed by atoms with Gasteiger partial charge in [0.25, 0.3) is 0 Å². The molecule has 30 heavy (non-hydrogen) atoms. The van der Waals surface area contributed by atoms with Gasteiger partial charge in [0.05, 0.1) is 0 Å². The molecule has 0 amide bonds. The average molecular weight is 404 g/mol. The van der Waals surface area contributed by atoms with E-state index in [1.54, 1.807) is 18.6 Å². The molecule has 0 aliphatic carbocycles. The van der Waals surface area contributed by atoms with Gasteiger partial charge in [-0.05, 0) is 61.5 Å². The molecule has 0 saturated carbocycles. The minimum atomic E-state index is 0.589. The van der Waals surface area contributed by atoms with E-state index in [0.717, 1.165) is 68.3 Å². The fourth-order valence-corrected chi connectivity index (χ4v) is 3.56. The van der Waals surface area contributed by atoms with Gasteiger partial charge in [-0.25, -0.2) is 4.98 Å². The monoisotopic (exact) mass is 403 g/mol. The molecule has 0 unspecified atom stereocenters. The van der Waals surface area contributed by atoms with E-state index in [-0.39, 0.29) is 0 Å². The van der Waals surface area contributed by atoms with E-state index >= 15 is 0 Å². The van der Waals surface area contributed by atoms with Gasteiger partial charge >= 0.3 is 0 Å². The van der Waals surface area contributed by atoms with Gasteiger partial charge in [-0.15, -0.1) is 0 Å². The minimum absolute atomic E-state index is 0.589. The number of nitrogens with zero attached hydrogens (tertiary/aromatic N) is 5. The number of rotatable bonds is 8. The number of hydrogen-bond donors (Lipinski definition) is 2. The fraction of sp³-hybridized carbons (Fsp3) is 0.348. The maximum Gasteiger partial charge on any atom is 0.229 e. The van der Waals surface area contributed by atoms with Crippen LogP contribution in [-0.4, -0.2) is 71.1 Å². The summed E-state index contributed by atoms with van der Waals surface area (Å²) < 4.78 is 0. The van der Waals surface area contributed by atoms with Crippen LogP contribution in [0.4, 0.5) is 17.5 Å². The van der Waals surface area contributed by atoms with Gasteiger partial charge < -0.3 is 20.4 Å². The summed E-state index contributed by atoms with van der Waals surface area (Å²) in [5.41, 5.74) is 3.21. The first-order valence-corrected chi connectivity index (χ1v) is 10.5. The van der Waals surface area contributed by atoms with E-state index in [1.165, 1.54) is 0 Å². The smallest absolute Gasteiger partial charge is 0.229 e. The SMILES string of the molecule is CN1CCN(CCCNc2ccnc(Nc3cccc(-c4ccncc4)c3)n2)CC1. The van der Waals surface area contributed by atoms with Crippen molar-refractivity contribution >= 4 is 17.5 Å². The number of hydrogen-bond acceptors (Lipinski definition) is 7. The van der Waals surface area contributed by atoms with Crippen LogP contribution in [0.2, 0.25) is 0 Å². The summed E-state index contributed by atoms with van der Waals surface area (Å²) in [7, 11) is 2.19. The number of aromatic nitrogens is 3. The topological polar surface area (TPSA) is 69.2 Å². The van der Waals surface area contributed by atoms with Gasteiger partial charge in [0, 0.05) is 57.0 Å². The summed E-state index contributed by atoms with van der Waals surface area (Å²) in [6.45, 7) is 6.68. The van der Waals surface area contributed by atoms with Crippen molar-refractivity contribution in [3.05, 3.63) is 61.1 Å². The van der Waals surface area contributed by atoms with Crippen molar-refractivity contribution in [2.45, 2.75) is 6.42 Å².